The number of carbonyl (C=O) groups is 1. The molecule has 0 saturated heterocycles. The fourth-order valence-electron chi connectivity index (χ4n) is 1.63. The van der Waals surface area contributed by atoms with E-state index in [1.165, 1.54) is 7.11 Å². The first-order chi connectivity index (χ1) is 9.29. The number of benzene rings is 1. The highest BCUT2D eigenvalue weighted by molar-refractivity contribution is 5.82. The lowest BCUT2D eigenvalue weighted by Crippen LogP contribution is -2.44. The number of amides is 1. The lowest BCUT2D eigenvalue weighted by molar-refractivity contribution is -0.130. The maximum absolute atomic E-state index is 12.0. The van der Waals surface area contributed by atoms with Crippen molar-refractivity contribution in [2.75, 3.05) is 7.11 Å². The number of nitrogens with one attached hydrogen (secondary N) is 1. The number of hydrogen-bond donors (Lipinski definition) is 2. The summed E-state index contributed by atoms with van der Waals surface area (Å²) in [6, 6.07) is 7.99. The molecule has 0 bridgehead atoms. The smallest absolute Gasteiger partial charge is 0.254 e. The van der Waals surface area contributed by atoms with Crippen molar-refractivity contribution in [3.05, 3.63) is 29.8 Å². The van der Waals surface area contributed by atoms with Gasteiger partial charge in [-0.05, 0) is 23.1 Å². The van der Waals surface area contributed by atoms with Crippen molar-refractivity contribution in [1.29, 1.82) is 5.26 Å². The molecule has 5 nitrogen and oxygen atoms in total. The molecule has 0 unspecified atom stereocenters. The van der Waals surface area contributed by atoms with Gasteiger partial charge in [-0.15, -0.1) is 0 Å². The molecule has 1 amide bonds. The largest absolute Gasteiger partial charge is 0.497 e. The summed E-state index contributed by atoms with van der Waals surface area (Å²) >= 11 is 0. The standard InChI is InChI=1S/C15H20N2O3/c1-15(2,3)12(9-16)17-14(19)13(18)10-6-5-7-11(8-10)20-4/h5-8,12-13,18H,1-4H3,(H,17,19)/t12-,13-/m1/s1. The number of methoxy groups -OCH3 is 1. The van der Waals surface area contributed by atoms with Crippen LogP contribution in [0.25, 0.3) is 0 Å². The minimum atomic E-state index is -1.33. The molecule has 0 spiro atoms. The van der Waals surface area contributed by atoms with Gasteiger partial charge in [0.15, 0.2) is 6.10 Å². The van der Waals surface area contributed by atoms with Crippen LogP contribution in [-0.2, 0) is 4.79 Å². The summed E-state index contributed by atoms with van der Waals surface area (Å²) in [6.07, 6.45) is -1.33. The SMILES string of the molecule is COc1cccc([C@@H](O)C(=O)N[C@H](C#N)C(C)(C)C)c1. The predicted molar refractivity (Wildman–Crippen MR) is 75.0 cm³/mol. The zero-order valence-electron chi connectivity index (χ0n) is 12.2. The second-order valence-electron chi connectivity index (χ2n) is 5.62. The van der Waals surface area contributed by atoms with Gasteiger partial charge in [-0.25, -0.2) is 0 Å². The van der Waals surface area contributed by atoms with Gasteiger partial charge in [-0.3, -0.25) is 4.79 Å². The second-order valence-corrected chi connectivity index (χ2v) is 5.62. The third-order valence-electron chi connectivity index (χ3n) is 2.94. The molecule has 1 aromatic rings. The van der Waals surface area contributed by atoms with Crippen LogP contribution in [0.2, 0.25) is 0 Å². The van der Waals surface area contributed by atoms with E-state index in [1.807, 2.05) is 26.8 Å². The van der Waals surface area contributed by atoms with E-state index in [4.69, 9.17) is 10.00 Å². The van der Waals surface area contributed by atoms with E-state index in [9.17, 15) is 9.90 Å². The average Bonchev–Trinajstić information content (AvgIpc) is 2.42. The zero-order valence-corrected chi connectivity index (χ0v) is 12.2. The Balaban J connectivity index is 2.84. The lowest BCUT2D eigenvalue weighted by Gasteiger charge is -2.26. The van der Waals surface area contributed by atoms with Crippen LogP contribution in [0, 0.1) is 16.7 Å². The van der Waals surface area contributed by atoms with E-state index >= 15 is 0 Å². The zero-order chi connectivity index (χ0) is 15.3. The van der Waals surface area contributed by atoms with E-state index in [0.717, 1.165) is 0 Å². The normalized spacial score (nSPS) is 14.0. The average molecular weight is 276 g/mol. The Morgan fingerprint density at radius 1 is 1.45 bits per heavy atom. The van der Waals surface area contributed by atoms with Crippen molar-refractivity contribution in [2.45, 2.75) is 32.9 Å². The fourth-order valence-corrected chi connectivity index (χ4v) is 1.63. The summed E-state index contributed by atoms with van der Waals surface area (Å²) in [7, 11) is 1.51. The van der Waals surface area contributed by atoms with Crippen LogP contribution < -0.4 is 10.1 Å². The molecule has 0 aliphatic carbocycles. The molecule has 20 heavy (non-hydrogen) atoms. The van der Waals surface area contributed by atoms with Crippen LogP contribution >= 0.6 is 0 Å². The Bertz CT molecular complexity index is 515. The van der Waals surface area contributed by atoms with Crippen LogP contribution in [0.5, 0.6) is 5.75 Å². The Labute approximate surface area is 119 Å². The molecule has 1 aromatic carbocycles. The van der Waals surface area contributed by atoms with Gasteiger partial charge in [0.05, 0.1) is 13.2 Å². The quantitative estimate of drug-likeness (QED) is 0.878. The van der Waals surface area contributed by atoms with Crippen LogP contribution in [0.15, 0.2) is 24.3 Å². The van der Waals surface area contributed by atoms with E-state index < -0.39 is 23.5 Å². The number of ether oxygens (including phenoxy) is 1. The highest BCUT2D eigenvalue weighted by Gasteiger charge is 2.28. The lowest BCUT2D eigenvalue weighted by atomic mass is 9.87. The van der Waals surface area contributed by atoms with Crippen molar-refractivity contribution >= 4 is 5.91 Å². The number of nitrogens with zero attached hydrogens (tertiary/aromatic N) is 1. The monoisotopic (exact) mass is 276 g/mol. The van der Waals surface area contributed by atoms with Crippen molar-refractivity contribution in [3.63, 3.8) is 0 Å². The molecule has 1 rings (SSSR count). The molecule has 108 valence electrons. The van der Waals surface area contributed by atoms with Gasteiger partial charge in [0, 0.05) is 0 Å². The molecule has 0 aliphatic heterocycles. The highest BCUT2D eigenvalue weighted by Crippen LogP contribution is 2.22. The van der Waals surface area contributed by atoms with Gasteiger partial charge >= 0.3 is 0 Å². The Morgan fingerprint density at radius 3 is 2.60 bits per heavy atom. The third-order valence-corrected chi connectivity index (χ3v) is 2.94. The van der Waals surface area contributed by atoms with Gasteiger partial charge < -0.3 is 15.2 Å². The maximum Gasteiger partial charge on any atom is 0.254 e. The minimum absolute atomic E-state index is 0.404. The first-order valence-electron chi connectivity index (χ1n) is 6.31. The molecule has 5 heteroatoms. The second kappa shape index (κ2) is 6.40. The molecule has 0 aliphatic rings. The van der Waals surface area contributed by atoms with Crippen LogP contribution in [0.4, 0.5) is 0 Å². The Hall–Kier alpha value is -2.06. The van der Waals surface area contributed by atoms with Crippen LogP contribution in [-0.4, -0.2) is 24.2 Å². The van der Waals surface area contributed by atoms with Crippen molar-refractivity contribution in [3.8, 4) is 11.8 Å². The summed E-state index contributed by atoms with van der Waals surface area (Å²) in [5, 5.41) is 21.7. The van der Waals surface area contributed by atoms with Crippen molar-refractivity contribution in [2.24, 2.45) is 5.41 Å². The molecule has 2 atom stereocenters. The number of carbonyl (C=O) groups excluding carboxylic acids is 1. The number of aliphatic hydroxyl groups is 1. The number of rotatable bonds is 4. The molecule has 0 heterocycles. The van der Waals surface area contributed by atoms with Crippen molar-refractivity contribution in [1.82, 2.24) is 5.32 Å². The van der Waals surface area contributed by atoms with Crippen molar-refractivity contribution < 1.29 is 14.6 Å². The minimum Gasteiger partial charge on any atom is -0.497 e. The number of hydrogen-bond acceptors (Lipinski definition) is 4. The summed E-state index contributed by atoms with van der Waals surface area (Å²) in [6.45, 7) is 5.54. The molecule has 0 radical (unpaired) electrons. The summed E-state index contributed by atoms with van der Waals surface area (Å²) in [5.74, 6) is -0.0401. The summed E-state index contributed by atoms with van der Waals surface area (Å²) < 4.78 is 5.05. The Morgan fingerprint density at radius 2 is 2.10 bits per heavy atom. The fraction of sp³-hybridized carbons (Fsp3) is 0.467. The van der Waals surface area contributed by atoms with E-state index in [1.54, 1.807) is 24.3 Å². The summed E-state index contributed by atoms with van der Waals surface area (Å²) in [4.78, 5) is 12.0. The topological polar surface area (TPSA) is 82.3 Å². The van der Waals surface area contributed by atoms with E-state index in [-0.39, 0.29) is 0 Å². The van der Waals surface area contributed by atoms with Gasteiger partial charge in [0.25, 0.3) is 5.91 Å². The molecule has 0 fully saturated rings. The van der Waals surface area contributed by atoms with Gasteiger partial charge in [-0.1, -0.05) is 32.9 Å². The third kappa shape index (κ3) is 3.97. The first-order valence-corrected chi connectivity index (χ1v) is 6.31. The van der Waals surface area contributed by atoms with Gasteiger partial charge in [0.1, 0.15) is 11.8 Å². The van der Waals surface area contributed by atoms with E-state index in [2.05, 4.69) is 5.32 Å². The van der Waals surface area contributed by atoms with E-state index in [0.29, 0.717) is 11.3 Å². The first kappa shape index (κ1) is 16.0. The van der Waals surface area contributed by atoms with Gasteiger partial charge in [-0.2, -0.15) is 5.26 Å². The van der Waals surface area contributed by atoms with Gasteiger partial charge in [0.2, 0.25) is 0 Å². The molecule has 2 N–H and O–H groups in total. The maximum atomic E-state index is 12.0. The highest BCUT2D eigenvalue weighted by atomic mass is 16.5. The molecular formula is C15H20N2O3. The molecule has 0 saturated carbocycles. The number of aliphatic hydroxyl groups excluding tert-OH is 1. The predicted octanol–water partition coefficient (Wildman–Crippen LogP) is 1.78. The molecule has 0 aromatic heterocycles. The molecular weight excluding hydrogens is 256 g/mol. The Kier molecular flexibility index (Phi) is 5.12. The number of nitriles is 1. The summed E-state index contributed by atoms with van der Waals surface area (Å²) in [5.41, 5.74) is 0.0193. The van der Waals surface area contributed by atoms with Crippen LogP contribution in [0.3, 0.4) is 0 Å². The van der Waals surface area contributed by atoms with Crippen LogP contribution in [0.1, 0.15) is 32.4 Å².